The molecule has 0 fully saturated rings. The molecule has 45 heavy (non-hydrogen) atoms. The number of thiophene rings is 1. The first kappa shape index (κ1) is 33.7. The normalized spacial score (nSPS) is 13.2. The molecule has 9 heteroatoms. The Morgan fingerprint density at radius 2 is 1.42 bits per heavy atom. The Bertz CT molecular complexity index is 1630. The van der Waals surface area contributed by atoms with Gasteiger partial charge in [0.15, 0.2) is 11.6 Å². The van der Waals surface area contributed by atoms with Crippen molar-refractivity contribution in [2.24, 2.45) is 11.7 Å². The number of carbonyl (C=O) groups is 3. The van der Waals surface area contributed by atoms with Gasteiger partial charge in [-0.2, -0.15) is 0 Å². The number of carbonyl (C=O) groups excluding carboxylic acids is 2. The molecule has 2 aromatic carbocycles. The predicted molar refractivity (Wildman–Crippen MR) is 179 cm³/mol. The maximum absolute atomic E-state index is 13.3. The van der Waals surface area contributed by atoms with E-state index in [1.807, 2.05) is 30.3 Å². The van der Waals surface area contributed by atoms with Crippen molar-refractivity contribution in [2.45, 2.75) is 71.3 Å². The highest BCUT2D eigenvalue weighted by molar-refractivity contribution is 7.14. The molecule has 2 heterocycles. The van der Waals surface area contributed by atoms with Gasteiger partial charge < -0.3 is 16.2 Å². The molecule has 2 aromatic heterocycles. The topological polar surface area (TPSA) is 135 Å². The number of nitrogens with one attached hydrogen (secondary N) is 1. The maximum atomic E-state index is 13.3. The Morgan fingerprint density at radius 1 is 0.822 bits per heavy atom. The molecule has 1 amide bonds. The summed E-state index contributed by atoms with van der Waals surface area (Å²) in [5, 5.41) is 11.9. The summed E-state index contributed by atoms with van der Waals surface area (Å²) >= 11 is 1.42. The number of amides is 1. The van der Waals surface area contributed by atoms with E-state index < -0.39 is 23.8 Å². The van der Waals surface area contributed by atoms with Crippen molar-refractivity contribution in [2.75, 3.05) is 6.54 Å². The van der Waals surface area contributed by atoms with Crippen LogP contribution in [0.5, 0.6) is 0 Å². The Balaban J connectivity index is 1.50. The van der Waals surface area contributed by atoms with Crippen LogP contribution in [-0.4, -0.2) is 45.3 Å². The SMILES string of the molecule is CC(C)(C)c1ccc(-c2cnc(-c3ccc(C[C@H](CC(=O)c4ccc(C(C)(C)C)s4)C(=O)NC(CN)C(=O)O)cc3)nc2)cc1. The summed E-state index contributed by atoms with van der Waals surface area (Å²) in [5.41, 5.74) is 10.4. The molecule has 0 aliphatic carbocycles. The molecule has 4 N–H and O–H groups in total. The zero-order valence-corrected chi connectivity index (χ0v) is 27.6. The van der Waals surface area contributed by atoms with Crippen LogP contribution in [0.1, 0.15) is 73.6 Å². The Labute approximate surface area is 269 Å². The van der Waals surface area contributed by atoms with Crippen molar-refractivity contribution in [1.82, 2.24) is 15.3 Å². The summed E-state index contributed by atoms with van der Waals surface area (Å²) in [6, 6.07) is 18.5. The van der Waals surface area contributed by atoms with E-state index in [4.69, 9.17) is 5.73 Å². The zero-order valence-electron chi connectivity index (χ0n) is 26.8. The van der Waals surface area contributed by atoms with Crippen molar-refractivity contribution in [3.05, 3.63) is 93.9 Å². The van der Waals surface area contributed by atoms with Gasteiger partial charge in [-0.3, -0.25) is 9.59 Å². The summed E-state index contributed by atoms with van der Waals surface area (Å²) in [6.07, 6.45) is 3.80. The molecule has 4 aromatic rings. The first-order valence-electron chi connectivity index (χ1n) is 15.0. The predicted octanol–water partition coefficient (Wildman–Crippen LogP) is 6.43. The summed E-state index contributed by atoms with van der Waals surface area (Å²) in [5.74, 6) is -2.11. The molecule has 8 nitrogen and oxygen atoms in total. The molecule has 0 aliphatic heterocycles. The van der Waals surface area contributed by atoms with E-state index in [0.29, 0.717) is 10.7 Å². The van der Waals surface area contributed by atoms with E-state index in [1.165, 1.54) is 16.9 Å². The van der Waals surface area contributed by atoms with E-state index in [9.17, 15) is 19.5 Å². The number of benzene rings is 2. The first-order chi connectivity index (χ1) is 21.2. The lowest BCUT2D eigenvalue weighted by Gasteiger charge is -2.19. The number of carboxylic acid groups (broad SMARTS) is 1. The number of nitrogens with zero attached hydrogens (tertiary/aromatic N) is 2. The van der Waals surface area contributed by atoms with Gasteiger partial charge in [0.1, 0.15) is 6.04 Å². The number of aromatic nitrogens is 2. The van der Waals surface area contributed by atoms with Gasteiger partial charge in [-0.1, -0.05) is 90.1 Å². The third-order valence-electron chi connectivity index (χ3n) is 7.70. The highest BCUT2D eigenvalue weighted by Gasteiger charge is 2.28. The van der Waals surface area contributed by atoms with Crippen LogP contribution in [0.3, 0.4) is 0 Å². The molecular weight excluding hydrogens is 584 g/mol. The second-order valence-electron chi connectivity index (χ2n) is 13.4. The highest BCUT2D eigenvalue weighted by Crippen LogP contribution is 2.31. The summed E-state index contributed by atoms with van der Waals surface area (Å²) in [7, 11) is 0. The Morgan fingerprint density at radius 3 is 1.93 bits per heavy atom. The lowest BCUT2D eigenvalue weighted by Crippen LogP contribution is -2.48. The van der Waals surface area contributed by atoms with Crippen molar-refractivity contribution in [3.63, 3.8) is 0 Å². The first-order valence-corrected chi connectivity index (χ1v) is 15.9. The van der Waals surface area contributed by atoms with Gasteiger partial charge >= 0.3 is 5.97 Å². The molecule has 1 unspecified atom stereocenters. The quantitative estimate of drug-likeness (QED) is 0.163. The lowest BCUT2D eigenvalue weighted by atomic mass is 9.86. The molecular formula is C36H42N4O4S. The molecule has 0 radical (unpaired) electrons. The molecule has 4 rings (SSSR count). The number of aliphatic carboxylic acids is 1. The van der Waals surface area contributed by atoms with Crippen LogP contribution in [0, 0.1) is 5.92 Å². The van der Waals surface area contributed by atoms with Gasteiger partial charge in [-0.05, 0) is 46.1 Å². The van der Waals surface area contributed by atoms with Gasteiger partial charge in [0.2, 0.25) is 5.91 Å². The van der Waals surface area contributed by atoms with Crippen molar-refractivity contribution in [1.29, 1.82) is 0 Å². The largest absolute Gasteiger partial charge is 0.480 e. The van der Waals surface area contributed by atoms with Crippen molar-refractivity contribution >= 4 is 29.0 Å². The average molecular weight is 627 g/mol. The fourth-order valence-electron chi connectivity index (χ4n) is 4.85. The summed E-state index contributed by atoms with van der Waals surface area (Å²) in [4.78, 5) is 48.9. The molecule has 0 aliphatic rings. The van der Waals surface area contributed by atoms with Gasteiger partial charge in [0, 0.05) is 47.3 Å². The number of hydrogen-bond acceptors (Lipinski definition) is 7. The second-order valence-corrected chi connectivity index (χ2v) is 14.5. The molecule has 0 bridgehead atoms. The van der Waals surface area contributed by atoms with Crippen LogP contribution in [0.15, 0.2) is 73.1 Å². The Hall–Kier alpha value is -4.21. The van der Waals surface area contributed by atoms with E-state index in [2.05, 4.69) is 81.1 Å². The van der Waals surface area contributed by atoms with Crippen LogP contribution in [0.2, 0.25) is 0 Å². The number of rotatable bonds is 11. The van der Waals surface area contributed by atoms with Gasteiger partial charge in [0.05, 0.1) is 4.88 Å². The van der Waals surface area contributed by atoms with E-state index in [-0.39, 0.29) is 36.0 Å². The number of hydrogen-bond donors (Lipinski definition) is 3. The van der Waals surface area contributed by atoms with Gasteiger partial charge in [-0.25, -0.2) is 14.8 Å². The summed E-state index contributed by atoms with van der Waals surface area (Å²) in [6.45, 7) is 12.5. The van der Waals surface area contributed by atoms with Crippen LogP contribution in [0.4, 0.5) is 0 Å². The van der Waals surface area contributed by atoms with Crippen LogP contribution >= 0.6 is 11.3 Å². The minimum Gasteiger partial charge on any atom is -0.480 e. The van der Waals surface area contributed by atoms with Crippen LogP contribution in [-0.2, 0) is 26.8 Å². The fraction of sp³-hybridized carbons (Fsp3) is 0.361. The standard InChI is InChI=1S/C36H42N4O4S/c1-35(2,3)27-13-11-23(12-14-27)26-20-38-32(39-21-26)24-9-7-22(8-10-24)17-25(33(42)40-28(19-37)34(43)44)18-29(41)30-15-16-31(45-30)36(4,5)6/h7-16,20-21,25,28H,17-19,37H2,1-6H3,(H,40,42)(H,43,44)/t25-,28?/m1/s1. The molecule has 0 spiro atoms. The minimum absolute atomic E-state index is 0.0596. The molecule has 0 saturated carbocycles. The van der Waals surface area contributed by atoms with Crippen molar-refractivity contribution in [3.8, 4) is 22.5 Å². The summed E-state index contributed by atoms with van der Waals surface area (Å²) < 4.78 is 0. The molecule has 2 atom stereocenters. The average Bonchev–Trinajstić information content (AvgIpc) is 3.51. The number of Topliss-reactive ketones (excluding diaryl/α,β-unsaturated/α-hetero) is 1. The molecule has 0 saturated heterocycles. The molecule has 236 valence electrons. The number of nitrogens with two attached hydrogens (primary N) is 1. The third kappa shape index (κ3) is 8.71. The maximum Gasteiger partial charge on any atom is 0.327 e. The minimum atomic E-state index is -1.23. The second kappa shape index (κ2) is 13.8. The monoisotopic (exact) mass is 626 g/mol. The number of carboxylic acids is 1. The van der Waals surface area contributed by atoms with E-state index >= 15 is 0 Å². The number of ketones is 1. The van der Waals surface area contributed by atoms with Crippen LogP contribution < -0.4 is 11.1 Å². The van der Waals surface area contributed by atoms with E-state index in [1.54, 1.807) is 18.5 Å². The van der Waals surface area contributed by atoms with Crippen molar-refractivity contribution < 1.29 is 19.5 Å². The van der Waals surface area contributed by atoms with Crippen LogP contribution in [0.25, 0.3) is 22.5 Å². The van der Waals surface area contributed by atoms with Gasteiger partial charge in [-0.15, -0.1) is 11.3 Å². The fourth-order valence-corrected chi connectivity index (χ4v) is 5.86. The van der Waals surface area contributed by atoms with Gasteiger partial charge in [0.25, 0.3) is 0 Å². The lowest BCUT2D eigenvalue weighted by molar-refractivity contribution is -0.142. The Kier molecular flexibility index (Phi) is 10.4. The smallest absolute Gasteiger partial charge is 0.327 e. The third-order valence-corrected chi connectivity index (χ3v) is 9.26. The highest BCUT2D eigenvalue weighted by atomic mass is 32.1. The zero-order chi connectivity index (χ0) is 32.9. The van der Waals surface area contributed by atoms with E-state index in [0.717, 1.165) is 27.1 Å².